The first-order chi connectivity index (χ1) is 7.25. The van der Waals surface area contributed by atoms with Crippen molar-refractivity contribution in [1.29, 1.82) is 0 Å². The van der Waals surface area contributed by atoms with Crippen LogP contribution in [0.15, 0.2) is 42.6 Å². The highest BCUT2D eigenvalue weighted by Gasteiger charge is 2.07. The Kier molecular flexibility index (Phi) is 2.63. The first kappa shape index (κ1) is 9.65. The molecule has 0 radical (unpaired) electrons. The van der Waals surface area contributed by atoms with Gasteiger partial charge < -0.3 is 4.98 Å². The van der Waals surface area contributed by atoms with E-state index in [1.807, 2.05) is 0 Å². The van der Waals surface area contributed by atoms with Crippen molar-refractivity contribution >= 4 is 5.78 Å². The number of Topliss-reactive ketones (excluding diaryl/α,β-unsaturated/α-hetero) is 1. The molecule has 2 aromatic rings. The first-order valence-corrected chi connectivity index (χ1v) is 4.67. The summed E-state index contributed by atoms with van der Waals surface area (Å²) in [5.41, 5.74) is 1.24. The number of hydrogen-bond acceptors (Lipinski definition) is 1. The second kappa shape index (κ2) is 4.09. The average Bonchev–Trinajstić information content (AvgIpc) is 2.70. The van der Waals surface area contributed by atoms with Crippen molar-refractivity contribution in [2.45, 2.75) is 6.42 Å². The van der Waals surface area contributed by atoms with Gasteiger partial charge in [-0.2, -0.15) is 0 Å². The summed E-state index contributed by atoms with van der Waals surface area (Å²) in [6.45, 7) is 0. The van der Waals surface area contributed by atoms with Crippen molar-refractivity contribution in [3.63, 3.8) is 0 Å². The molecule has 2 rings (SSSR count). The standard InChI is InChI=1S/C12H10FNO/c13-10-4-1-3-9(7-10)8-12(15)11-5-2-6-14-11/h1-7,14H,8H2. The number of rotatable bonds is 3. The lowest BCUT2D eigenvalue weighted by Crippen LogP contribution is -2.03. The quantitative estimate of drug-likeness (QED) is 0.764. The minimum atomic E-state index is -0.313. The molecular weight excluding hydrogens is 193 g/mol. The molecule has 0 aliphatic rings. The van der Waals surface area contributed by atoms with Gasteiger partial charge in [-0.3, -0.25) is 4.79 Å². The number of halogens is 1. The molecule has 0 bridgehead atoms. The largest absolute Gasteiger partial charge is 0.359 e. The fourth-order valence-corrected chi connectivity index (χ4v) is 1.43. The van der Waals surface area contributed by atoms with E-state index in [4.69, 9.17) is 0 Å². The topological polar surface area (TPSA) is 32.9 Å². The van der Waals surface area contributed by atoms with Crippen LogP contribution in [0.5, 0.6) is 0 Å². The average molecular weight is 203 g/mol. The van der Waals surface area contributed by atoms with E-state index < -0.39 is 0 Å². The molecule has 0 atom stereocenters. The molecule has 1 aromatic carbocycles. The molecule has 3 heteroatoms. The fraction of sp³-hybridized carbons (Fsp3) is 0.0833. The second-order valence-electron chi connectivity index (χ2n) is 3.31. The van der Waals surface area contributed by atoms with Crippen LogP contribution < -0.4 is 0 Å². The van der Waals surface area contributed by atoms with Crippen LogP contribution in [0.25, 0.3) is 0 Å². The summed E-state index contributed by atoms with van der Waals surface area (Å²) < 4.78 is 12.8. The van der Waals surface area contributed by atoms with Crippen molar-refractivity contribution in [2.24, 2.45) is 0 Å². The van der Waals surface area contributed by atoms with Gasteiger partial charge in [0, 0.05) is 12.6 Å². The minimum Gasteiger partial charge on any atom is -0.359 e. The van der Waals surface area contributed by atoms with Crippen molar-refractivity contribution < 1.29 is 9.18 Å². The van der Waals surface area contributed by atoms with E-state index >= 15 is 0 Å². The van der Waals surface area contributed by atoms with Crippen LogP contribution >= 0.6 is 0 Å². The molecule has 0 unspecified atom stereocenters. The van der Waals surface area contributed by atoms with E-state index in [2.05, 4.69) is 4.98 Å². The number of nitrogens with one attached hydrogen (secondary N) is 1. The fourth-order valence-electron chi connectivity index (χ4n) is 1.43. The molecule has 1 heterocycles. The van der Waals surface area contributed by atoms with Gasteiger partial charge >= 0.3 is 0 Å². The maximum absolute atomic E-state index is 12.8. The number of benzene rings is 1. The lowest BCUT2D eigenvalue weighted by atomic mass is 10.1. The van der Waals surface area contributed by atoms with E-state index in [0.717, 1.165) is 0 Å². The van der Waals surface area contributed by atoms with E-state index in [1.165, 1.54) is 12.1 Å². The molecule has 0 amide bonds. The van der Waals surface area contributed by atoms with Crippen molar-refractivity contribution in [3.05, 3.63) is 59.7 Å². The van der Waals surface area contributed by atoms with Crippen LogP contribution in [0, 0.1) is 5.82 Å². The molecule has 1 aromatic heterocycles. The monoisotopic (exact) mass is 203 g/mol. The summed E-state index contributed by atoms with van der Waals surface area (Å²) in [6.07, 6.45) is 1.91. The van der Waals surface area contributed by atoms with Gasteiger partial charge in [-0.15, -0.1) is 0 Å². The molecule has 0 saturated carbocycles. The van der Waals surface area contributed by atoms with Gasteiger partial charge in [0.25, 0.3) is 0 Å². The minimum absolute atomic E-state index is 0.0365. The maximum Gasteiger partial charge on any atom is 0.183 e. The Bertz CT molecular complexity index is 462. The molecule has 76 valence electrons. The number of carbonyl (C=O) groups excluding carboxylic acids is 1. The molecule has 15 heavy (non-hydrogen) atoms. The summed E-state index contributed by atoms with van der Waals surface area (Å²) >= 11 is 0. The Morgan fingerprint density at radius 3 is 2.80 bits per heavy atom. The number of H-pyrrole nitrogens is 1. The molecular formula is C12H10FNO. The second-order valence-corrected chi connectivity index (χ2v) is 3.31. The Balaban J connectivity index is 2.13. The van der Waals surface area contributed by atoms with Gasteiger partial charge in [0.1, 0.15) is 5.82 Å². The van der Waals surface area contributed by atoms with Gasteiger partial charge in [0.2, 0.25) is 0 Å². The molecule has 0 spiro atoms. The number of aromatic nitrogens is 1. The predicted molar refractivity (Wildman–Crippen MR) is 55.2 cm³/mol. The third kappa shape index (κ3) is 2.31. The number of carbonyl (C=O) groups is 1. The highest BCUT2D eigenvalue weighted by Crippen LogP contribution is 2.07. The Morgan fingerprint density at radius 1 is 1.27 bits per heavy atom. The zero-order valence-corrected chi connectivity index (χ0v) is 8.03. The molecule has 0 aliphatic heterocycles. The summed E-state index contributed by atoms with van der Waals surface area (Å²) in [6, 6.07) is 9.56. The third-order valence-electron chi connectivity index (χ3n) is 2.15. The van der Waals surface area contributed by atoms with Crippen molar-refractivity contribution in [3.8, 4) is 0 Å². The summed E-state index contributed by atoms with van der Waals surface area (Å²) in [4.78, 5) is 14.5. The Morgan fingerprint density at radius 2 is 2.13 bits per heavy atom. The van der Waals surface area contributed by atoms with Crippen molar-refractivity contribution in [1.82, 2.24) is 4.98 Å². The Labute approximate surface area is 86.8 Å². The zero-order valence-electron chi connectivity index (χ0n) is 8.03. The molecule has 2 nitrogen and oxygen atoms in total. The SMILES string of the molecule is O=C(Cc1cccc(F)c1)c1ccc[nH]1. The van der Waals surface area contributed by atoms with Crippen LogP contribution in [0.3, 0.4) is 0 Å². The van der Waals surface area contributed by atoms with Crippen LogP contribution in [0.1, 0.15) is 16.1 Å². The lowest BCUT2D eigenvalue weighted by molar-refractivity contribution is 0.0989. The molecule has 0 aliphatic carbocycles. The predicted octanol–water partition coefficient (Wildman–Crippen LogP) is 2.58. The first-order valence-electron chi connectivity index (χ1n) is 4.67. The summed E-state index contributed by atoms with van der Waals surface area (Å²) in [5.74, 6) is -0.350. The molecule has 1 N–H and O–H groups in total. The van der Waals surface area contributed by atoms with Gasteiger partial charge in [-0.25, -0.2) is 4.39 Å². The van der Waals surface area contributed by atoms with Crippen LogP contribution in [0.4, 0.5) is 4.39 Å². The zero-order chi connectivity index (χ0) is 10.7. The van der Waals surface area contributed by atoms with E-state index in [-0.39, 0.29) is 18.0 Å². The van der Waals surface area contributed by atoms with Gasteiger partial charge in [0.15, 0.2) is 5.78 Å². The van der Waals surface area contributed by atoms with Crippen LogP contribution in [-0.4, -0.2) is 10.8 Å². The van der Waals surface area contributed by atoms with Gasteiger partial charge in [-0.05, 0) is 29.8 Å². The summed E-state index contributed by atoms with van der Waals surface area (Å²) in [5, 5.41) is 0. The number of ketones is 1. The Hall–Kier alpha value is -1.90. The van der Waals surface area contributed by atoms with E-state index in [1.54, 1.807) is 30.5 Å². The molecule has 0 saturated heterocycles. The highest BCUT2D eigenvalue weighted by molar-refractivity contribution is 5.95. The van der Waals surface area contributed by atoms with E-state index in [0.29, 0.717) is 11.3 Å². The van der Waals surface area contributed by atoms with Gasteiger partial charge in [0.05, 0.1) is 5.69 Å². The van der Waals surface area contributed by atoms with Gasteiger partial charge in [-0.1, -0.05) is 12.1 Å². The number of hydrogen-bond donors (Lipinski definition) is 1. The normalized spacial score (nSPS) is 10.2. The maximum atomic E-state index is 12.8. The van der Waals surface area contributed by atoms with Crippen LogP contribution in [0.2, 0.25) is 0 Å². The molecule has 0 fully saturated rings. The smallest absolute Gasteiger partial charge is 0.183 e. The third-order valence-corrected chi connectivity index (χ3v) is 2.15. The van der Waals surface area contributed by atoms with Crippen molar-refractivity contribution in [2.75, 3.05) is 0 Å². The lowest BCUT2D eigenvalue weighted by Gasteiger charge is -1.99. The summed E-state index contributed by atoms with van der Waals surface area (Å²) in [7, 11) is 0. The van der Waals surface area contributed by atoms with E-state index in [9.17, 15) is 9.18 Å². The number of aromatic amines is 1. The van der Waals surface area contributed by atoms with Crippen LogP contribution in [-0.2, 0) is 6.42 Å². The highest BCUT2D eigenvalue weighted by atomic mass is 19.1.